The Morgan fingerprint density at radius 1 is 1.56 bits per heavy atom. The van der Waals surface area contributed by atoms with E-state index >= 15 is 0 Å². The SMILES string of the molecule is C#CCCCCNC(N)=NCC1CCCN1CC. The van der Waals surface area contributed by atoms with Crippen LogP contribution in [0.25, 0.3) is 0 Å². The summed E-state index contributed by atoms with van der Waals surface area (Å²) in [6.07, 6.45) is 10.6. The van der Waals surface area contributed by atoms with E-state index in [1.54, 1.807) is 0 Å². The number of nitrogens with zero attached hydrogens (tertiary/aromatic N) is 2. The number of guanidine groups is 1. The molecule has 4 nitrogen and oxygen atoms in total. The van der Waals surface area contributed by atoms with Gasteiger partial charge in [-0.25, -0.2) is 0 Å². The highest BCUT2D eigenvalue weighted by molar-refractivity contribution is 5.77. The zero-order chi connectivity index (χ0) is 13.2. The van der Waals surface area contributed by atoms with E-state index < -0.39 is 0 Å². The lowest BCUT2D eigenvalue weighted by molar-refractivity contribution is 0.273. The average Bonchev–Trinajstić information content (AvgIpc) is 2.83. The van der Waals surface area contributed by atoms with Gasteiger partial charge in [0, 0.05) is 19.0 Å². The molecule has 1 saturated heterocycles. The third kappa shape index (κ3) is 5.42. The minimum Gasteiger partial charge on any atom is -0.370 e. The van der Waals surface area contributed by atoms with Crippen LogP contribution in [0.4, 0.5) is 0 Å². The van der Waals surface area contributed by atoms with Crippen LogP contribution < -0.4 is 11.1 Å². The Bertz CT molecular complexity index is 293. The van der Waals surface area contributed by atoms with Gasteiger partial charge in [0.15, 0.2) is 5.96 Å². The Morgan fingerprint density at radius 3 is 3.11 bits per heavy atom. The molecular formula is C14H26N4. The second kappa shape index (κ2) is 8.82. The Hall–Kier alpha value is -1.21. The van der Waals surface area contributed by atoms with Gasteiger partial charge >= 0.3 is 0 Å². The van der Waals surface area contributed by atoms with Gasteiger partial charge < -0.3 is 11.1 Å². The highest BCUT2D eigenvalue weighted by Crippen LogP contribution is 2.16. The van der Waals surface area contributed by atoms with Gasteiger partial charge in [-0.2, -0.15) is 0 Å². The fraction of sp³-hybridized carbons (Fsp3) is 0.786. The van der Waals surface area contributed by atoms with Gasteiger partial charge in [0.2, 0.25) is 0 Å². The van der Waals surface area contributed by atoms with Crippen molar-refractivity contribution in [3.8, 4) is 12.3 Å². The molecule has 1 rings (SSSR count). The Balaban J connectivity index is 2.15. The van der Waals surface area contributed by atoms with Gasteiger partial charge in [0.05, 0.1) is 6.54 Å². The molecule has 0 saturated carbocycles. The molecule has 0 bridgehead atoms. The Kier molecular flexibility index (Phi) is 7.28. The third-order valence-corrected chi connectivity index (χ3v) is 3.43. The largest absolute Gasteiger partial charge is 0.370 e. The van der Waals surface area contributed by atoms with Crippen LogP contribution >= 0.6 is 0 Å². The molecule has 0 aromatic carbocycles. The van der Waals surface area contributed by atoms with Crippen molar-refractivity contribution in [2.24, 2.45) is 10.7 Å². The molecule has 0 aromatic rings. The maximum Gasteiger partial charge on any atom is 0.188 e. The van der Waals surface area contributed by atoms with Crippen LogP contribution in [-0.2, 0) is 0 Å². The van der Waals surface area contributed by atoms with Crippen LogP contribution in [0.5, 0.6) is 0 Å². The quantitative estimate of drug-likeness (QED) is 0.309. The fourth-order valence-electron chi connectivity index (χ4n) is 2.35. The number of nitrogens with two attached hydrogens (primary N) is 1. The summed E-state index contributed by atoms with van der Waals surface area (Å²) < 4.78 is 0. The molecule has 18 heavy (non-hydrogen) atoms. The van der Waals surface area contributed by atoms with E-state index in [9.17, 15) is 0 Å². The molecule has 0 radical (unpaired) electrons. The maximum absolute atomic E-state index is 5.83. The zero-order valence-corrected chi connectivity index (χ0v) is 11.5. The predicted molar refractivity (Wildman–Crippen MR) is 77.4 cm³/mol. The minimum absolute atomic E-state index is 0.568. The molecule has 1 heterocycles. The summed E-state index contributed by atoms with van der Waals surface area (Å²) in [6, 6.07) is 0.580. The van der Waals surface area contributed by atoms with Gasteiger partial charge in [-0.3, -0.25) is 9.89 Å². The number of unbranched alkanes of at least 4 members (excludes halogenated alkanes) is 2. The van der Waals surface area contributed by atoms with E-state index in [0.29, 0.717) is 12.0 Å². The summed E-state index contributed by atoms with van der Waals surface area (Å²) >= 11 is 0. The van der Waals surface area contributed by atoms with Crippen molar-refractivity contribution < 1.29 is 0 Å². The van der Waals surface area contributed by atoms with E-state index in [1.165, 1.54) is 19.4 Å². The Labute approximate surface area is 111 Å². The molecule has 102 valence electrons. The van der Waals surface area contributed by atoms with Gasteiger partial charge in [-0.05, 0) is 38.8 Å². The first kappa shape index (κ1) is 14.8. The van der Waals surface area contributed by atoms with Crippen LogP contribution in [0, 0.1) is 12.3 Å². The van der Waals surface area contributed by atoms with E-state index in [1.807, 2.05) is 0 Å². The molecule has 0 aliphatic carbocycles. The number of aliphatic imine (C=N–C) groups is 1. The van der Waals surface area contributed by atoms with Crippen LogP contribution in [0.3, 0.4) is 0 Å². The predicted octanol–water partition coefficient (Wildman–Crippen LogP) is 1.18. The first-order valence-corrected chi connectivity index (χ1v) is 6.99. The van der Waals surface area contributed by atoms with Gasteiger partial charge in [0.1, 0.15) is 0 Å². The number of likely N-dealkylation sites (tertiary alicyclic amines) is 1. The number of hydrogen-bond acceptors (Lipinski definition) is 2. The van der Waals surface area contributed by atoms with Crippen molar-refractivity contribution in [3.05, 3.63) is 0 Å². The van der Waals surface area contributed by atoms with Gasteiger partial charge in [-0.1, -0.05) is 6.92 Å². The van der Waals surface area contributed by atoms with E-state index in [-0.39, 0.29) is 0 Å². The van der Waals surface area contributed by atoms with Crippen molar-refractivity contribution in [2.45, 2.75) is 45.1 Å². The molecule has 1 aliphatic heterocycles. The molecule has 1 unspecified atom stereocenters. The van der Waals surface area contributed by atoms with Crippen LogP contribution in [-0.4, -0.2) is 43.1 Å². The third-order valence-electron chi connectivity index (χ3n) is 3.43. The highest BCUT2D eigenvalue weighted by atomic mass is 15.2. The summed E-state index contributed by atoms with van der Waals surface area (Å²) in [5.41, 5.74) is 5.83. The van der Waals surface area contributed by atoms with Crippen LogP contribution in [0.15, 0.2) is 4.99 Å². The smallest absolute Gasteiger partial charge is 0.188 e. The minimum atomic E-state index is 0.568. The first-order chi connectivity index (χ1) is 8.77. The molecular weight excluding hydrogens is 224 g/mol. The standard InChI is InChI=1S/C14H26N4/c1-3-5-6-7-10-16-14(15)17-12-13-9-8-11-18(13)4-2/h1,13H,4-12H2,2H3,(H3,15,16,17). The lowest BCUT2D eigenvalue weighted by Gasteiger charge is -2.20. The monoisotopic (exact) mass is 250 g/mol. The number of hydrogen-bond donors (Lipinski definition) is 2. The summed E-state index contributed by atoms with van der Waals surface area (Å²) in [5.74, 6) is 3.20. The molecule has 1 aliphatic rings. The van der Waals surface area contributed by atoms with Gasteiger partial charge in [0.25, 0.3) is 0 Å². The Morgan fingerprint density at radius 2 is 2.39 bits per heavy atom. The molecule has 0 spiro atoms. The lowest BCUT2D eigenvalue weighted by atomic mass is 10.2. The molecule has 0 aromatic heterocycles. The van der Waals surface area contributed by atoms with Crippen molar-refractivity contribution in [2.75, 3.05) is 26.2 Å². The first-order valence-electron chi connectivity index (χ1n) is 6.99. The van der Waals surface area contributed by atoms with Crippen molar-refractivity contribution in [3.63, 3.8) is 0 Å². The number of terminal acetylenes is 1. The second-order valence-electron chi connectivity index (χ2n) is 4.74. The van der Waals surface area contributed by atoms with Crippen LogP contribution in [0.1, 0.15) is 39.0 Å². The number of likely N-dealkylation sites (N-methyl/N-ethyl adjacent to an activating group) is 1. The number of rotatable bonds is 7. The zero-order valence-electron chi connectivity index (χ0n) is 11.5. The lowest BCUT2D eigenvalue weighted by Crippen LogP contribution is -2.36. The topological polar surface area (TPSA) is 53.6 Å². The van der Waals surface area contributed by atoms with Crippen molar-refractivity contribution >= 4 is 5.96 Å². The highest BCUT2D eigenvalue weighted by Gasteiger charge is 2.22. The van der Waals surface area contributed by atoms with Crippen LogP contribution in [0.2, 0.25) is 0 Å². The summed E-state index contributed by atoms with van der Waals surface area (Å²) in [5, 5.41) is 3.14. The second-order valence-corrected chi connectivity index (χ2v) is 4.74. The molecule has 1 atom stereocenters. The van der Waals surface area contributed by atoms with E-state index in [2.05, 4.69) is 28.1 Å². The van der Waals surface area contributed by atoms with Gasteiger partial charge in [-0.15, -0.1) is 12.3 Å². The van der Waals surface area contributed by atoms with Crippen molar-refractivity contribution in [1.29, 1.82) is 0 Å². The van der Waals surface area contributed by atoms with Crippen molar-refractivity contribution in [1.82, 2.24) is 10.2 Å². The van der Waals surface area contributed by atoms with E-state index in [0.717, 1.165) is 38.9 Å². The summed E-state index contributed by atoms with van der Waals surface area (Å²) in [7, 11) is 0. The molecule has 1 fully saturated rings. The number of nitrogens with one attached hydrogen (secondary N) is 1. The summed E-state index contributed by atoms with van der Waals surface area (Å²) in [6.45, 7) is 6.20. The molecule has 0 amide bonds. The molecule has 4 heteroatoms. The average molecular weight is 250 g/mol. The summed E-state index contributed by atoms with van der Waals surface area (Å²) in [4.78, 5) is 6.90. The van der Waals surface area contributed by atoms with E-state index in [4.69, 9.17) is 12.2 Å². The normalized spacial score (nSPS) is 20.9. The molecule has 3 N–H and O–H groups in total. The maximum atomic E-state index is 5.83. The fourth-order valence-corrected chi connectivity index (χ4v) is 2.35.